The molecule has 18 heteroatoms. The molecule has 0 fully saturated rings. The zero-order chi connectivity index (χ0) is 42.3. The third-order valence-electron chi connectivity index (χ3n) is 6.45. The van der Waals surface area contributed by atoms with Gasteiger partial charge in [-0.05, 0) is 46.5 Å². The summed E-state index contributed by atoms with van der Waals surface area (Å²) in [6, 6.07) is 38.3. The number of aliphatic imine (C=N–C) groups is 4. The summed E-state index contributed by atoms with van der Waals surface area (Å²) in [5.41, 5.74) is 2.28. The molecule has 0 spiro atoms. The van der Waals surface area contributed by atoms with Gasteiger partial charge in [-0.2, -0.15) is 0 Å². The maximum Gasteiger partial charge on any atom is 3.00 e. The molecule has 6 rings (SSSR count). The van der Waals surface area contributed by atoms with Crippen molar-refractivity contribution in [3.63, 3.8) is 0 Å². The second-order valence-corrected chi connectivity index (χ2v) is 10.5. The first-order valence-corrected chi connectivity index (χ1v) is 17.0. The molecule has 0 aliphatic heterocycles. The Bertz CT molecular complexity index is 1770. The van der Waals surface area contributed by atoms with Crippen LogP contribution < -0.4 is 20.4 Å². The van der Waals surface area contributed by atoms with Gasteiger partial charge >= 0.3 is 33.6 Å². The van der Waals surface area contributed by atoms with Crippen molar-refractivity contribution >= 4 is 24.9 Å². The Kier molecular flexibility index (Phi) is 35.5. The van der Waals surface area contributed by atoms with Crippen LogP contribution in [0.25, 0.3) is 0 Å². The van der Waals surface area contributed by atoms with E-state index < -0.39 is 0 Å². The second-order valence-electron chi connectivity index (χ2n) is 10.5. The van der Waals surface area contributed by atoms with Crippen LogP contribution in [0.15, 0.2) is 189 Å². The summed E-state index contributed by atoms with van der Waals surface area (Å²) >= 11 is 0. The van der Waals surface area contributed by atoms with Crippen LogP contribution in [0, 0.1) is 20.2 Å². The largest absolute Gasteiger partial charge is 3.00 e. The van der Waals surface area contributed by atoms with Crippen LogP contribution in [-0.4, -0.2) is 61.0 Å². The molecule has 0 N–H and O–H groups in total. The van der Waals surface area contributed by atoms with E-state index in [4.69, 9.17) is 20.2 Å². The quantitative estimate of drug-likeness (QED) is 0.0730. The van der Waals surface area contributed by atoms with E-state index in [9.17, 15) is 20.4 Å². The third-order valence-corrected chi connectivity index (χ3v) is 6.45. The van der Waals surface area contributed by atoms with Gasteiger partial charge in [-0.25, -0.2) is 0 Å². The predicted octanol–water partition coefficient (Wildman–Crippen LogP) is 5.40. The molecule has 0 atom stereocenters. The maximum atomic E-state index is 11.4. The molecule has 0 saturated heterocycles. The molecule has 0 saturated carbocycles. The number of nitrogens with zero attached hydrogens (tertiary/aromatic N) is 8. The molecular formula is C42H38Co2N8O8. The molecule has 0 radical (unpaired) electrons. The topological polar surface area (TPSA) is 272 Å². The molecular weight excluding hydrogens is 862 g/mol. The van der Waals surface area contributed by atoms with Crippen LogP contribution in [0.1, 0.15) is 22.3 Å². The molecule has 2 aromatic heterocycles. The van der Waals surface area contributed by atoms with Crippen LogP contribution >= 0.6 is 0 Å². The Morgan fingerprint density at radius 3 is 0.717 bits per heavy atom. The summed E-state index contributed by atoms with van der Waals surface area (Å²) in [6.45, 7) is 1.91. The number of rotatable bonds is 10. The van der Waals surface area contributed by atoms with Gasteiger partial charge in [0.1, 0.15) is 0 Å². The van der Waals surface area contributed by atoms with Gasteiger partial charge in [0.15, 0.2) is 0 Å². The second kappa shape index (κ2) is 38.7. The average molecular weight is 901 g/mol. The molecule has 0 aliphatic rings. The molecule has 312 valence electrons. The van der Waals surface area contributed by atoms with Gasteiger partial charge in [0.2, 0.25) is 0 Å². The van der Waals surface area contributed by atoms with Crippen LogP contribution in [0.2, 0.25) is 0 Å². The normalized spacial score (nSPS) is 9.60. The van der Waals surface area contributed by atoms with Crippen molar-refractivity contribution in [2.45, 2.75) is 0 Å². The first kappa shape index (κ1) is 55.0. The minimum atomic E-state index is -0.0416. The van der Waals surface area contributed by atoms with Crippen molar-refractivity contribution in [2.24, 2.45) is 30.6 Å². The van der Waals surface area contributed by atoms with E-state index in [0.717, 1.165) is 10.7 Å². The number of benzene rings is 4. The monoisotopic (exact) mass is 900 g/mol. The Balaban J connectivity index is 0. The predicted molar refractivity (Wildman–Crippen MR) is 220 cm³/mol. The van der Waals surface area contributed by atoms with Gasteiger partial charge in [0.25, 0.3) is 0 Å². The number of hydrogen-bond donors (Lipinski definition) is 0. The van der Waals surface area contributed by atoms with Crippen molar-refractivity contribution in [3.05, 3.63) is 201 Å². The molecule has 2 heterocycles. The fraction of sp³-hybridized carbons (Fsp3) is 0.0952. The Hall–Kier alpha value is -7.13. The van der Waals surface area contributed by atoms with Crippen molar-refractivity contribution in [2.75, 3.05) is 26.2 Å². The standard InChI is InChI=1S/2C16H16N2O2.2C5H5N.2Co.2HNO2/c2*19-15-7-3-1-5-13(15)11-17-9-10-18-12-14-6-2-4-8-16(14)20;2*1-2-4-6-5-3-1;;;2*2-1-3/h2*1-8,11-12,19-20H,9-10H2;2*1-5H;;;2*(H,2,3)/q;;;;2*+3;;/p-6. The third kappa shape index (κ3) is 28.3. The van der Waals surface area contributed by atoms with Gasteiger partial charge in [-0.3, -0.25) is 29.9 Å². The first-order chi connectivity index (χ1) is 28.4. The summed E-state index contributed by atoms with van der Waals surface area (Å²) in [6.07, 6.45) is 13.2. The SMILES string of the molecule is O=N[O-].O=N[O-].[Co+3].[Co+3].[O-]c1ccccc1C=NCCN=Cc1ccccc1[O-].[O-]c1ccccc1C=NCCN=Cc1ccccc1[O-].c1ccncc1.c1ccncc1. The van der Waals surface area contributed by atoms with Crippen LogP contribution in [0.3, 0.4) is 0 Å². The smallest absolute Gasteiger partial charge is 0.872 e. The molecule has 0 aliphatic carbocycles. The van der Waals surface area contributed by atoms with E-state index in [1.54, 1.807) is 122 Å². The fourth-order valence-corrected chi connectivity index (χ4v) is 3.86. The van der Waals surface area contributed by atoms with Crippen LogP contribution in [-0.2, 0) is 33.6 Å². The van der Waals surface area contributed by atoms with Gasteiger partial charge in [0, 0.05) is 49.6 Å². The minimum absolute atomic E-state index is 0. The number of para-hydroxylation sites is 4. The number of pyridine rings is 2. The Morgan fingerprint density at radius 2 is 0.567 bits per heavy atom. The zero-order valence-electron chi connectivity index (χ0n) is 31.7. The molecule has 0 bridgehead atoms. The molecule has 4 aromatic carbocycles. The van der Waals surface area contributed by atoms with Crippen molar-refractivity contribution < 1.29 is 54.0 Å². The number of aromatic nitrogens is 2. The van der Waals surface area contributed by atoms with Gasteiger partial charge in [-0.15, -0.1) is 33.7 Å². The van der Waals surface area contributed by atoms with Crippen molar-refractivity contribution in [1.29, 1.82) is 0 Å². The van der Waals surface area contributed by atoms with Gasteiger partial charge in [0.05, 0.1) is 26.2 Å². The van der Waals surface area contributed by atoms with Crippen LogP contribution in [0.4, 0.5) is 0 Å². The van der Waals surface area contributed by atoms with E-state index in [0.29, 0.717) is 48.4 Å². The molecule has 60 heavy (non-hydrogen) atoms. The molecule has 0 unspecified atom stereocenters. The fourth-order valence-electron chi connectivity index (χ4n) is 3.86. The summed E-state index contributed by atoms with van der Waals surface area (Å²) in [7, 11) is 0. The van der Waals surface area contributed by atoms with E-state index >= 15 is 0 Å². The summed E-state index contributed by atoms with van der Waals surface area (Å²) < 4.78 is 0. The molecule has 6 aromatic rings. The van der Waals surface area contributed by atoms with E-state index in [1.807, 2.05) is 36.4 Å². The summed E-state index contributed by atoms with van der Waals surface area (Å²) in [5, 5.41) is 63.6. The average Bonchev–Trinajstić information content (AvgIpc) is 3.25. The minimum Gasteiger partial charge on any atom is -0.872 e. The Labute approximate surface area is 367 Å². The van der Waals surface area contributed by atoms with E-state index in [-0.39, 0.29) is 56.6 Å². The van der Waals surface area contributed by atoms with E-state index in [1.165, 1.54) is 24.3 Å². The van der Waals surface area contributed by atoms with Crippen molar-refractivity contribution in [3.8, 4) is 23.0 Å². The Morgan fingerprint density at radius 1 is 0.367 bits per heavy atom. The molecule has 0 amide bonds. The molecule has 16 nitrogen and oxygen atoms in total. The van der Waals surface area contributed by atoms with Gasteiger partial charge < -0.3 is 40.7 Å². The first-order valence-electron chi connectivity index (χ1n) is 17.0. The van der Waals surface area contributed by atoms with Crippen LogP contribution in [0.5, 0.6) is 23.0 Å². The van der Waals surface area contributed by atoms with Gasteiger partial charge in [-0.1, -0.05) is 109 Å². The zero-order valence-corrected chi connectivity index (χ0v) is 33.7. The summed E-state index contributed by atoms with van der Waals surface area (Å²) in [4.78, 5) is 40.1. The van der Waals surface area contributed by atoms with Crippen molar-refractivity contribution in [1.82, 2.24) is 9.97 Å². The van der Waals surface area contributed by atoms with E-state index in [2.05, 4.69) is 29.9 Å². The summed E-state index contributed by atoms with van der Waals surface area (Å²) in [5.74, 6) is -0.167. The maximum absolute atomic E-state index is 11.4. The number of hydrogen-bond acceptors (Lipinski definition) is 16.